The Morgan fingerprint density at radius 1 is 1.18 bits per heavy atom. The molecule has 3 heterocycles. The van der Waals surface area contributed by atoms with Gasteiger partial charge in [-0.05, 0) is 17.7 Å². The van der Waals surface area contributed by atoms with Crippen molar-refractivity contribution in [1.29, 1.82) is 0 Å². The lowest BCUT2D eigenvalue weighted by molar-refractivity contribution is 0.0231. The predicted octanol–water partition coefficient (Wildman–Crippen LogP) is 1.96. The molecule has 4 heteroatoms. The number of nitrogens with zero attached hydrogens (tertiary/aromatic N) is 1. The zero-order chi connectivity index (χ0) is 11.3. The predicted molar refractivity (Wildman–Crippen MR) is 67.6 cm³/mol. The Morgan fingerprint density at radius 2 is 2.00 bits per heavy atom. The SMILES string of the molecule is c1cc2c(cc1CN1CC3(CSC3)C1)OCO2. The monoisotopic (exact) mass is 249 g/mol. The van der Waals surface area contributed by atoms with Crippen LogP contribution in [0.4, 0.5) is 0 Å². The smallest absolute Gasteiger partial charge is 0.231 e. The lowest BCUT2D eigenvalue weighted by atomic mass is 9.82. The minimum absolute atomic E-state index is 0.364. The molecule has 3 aliphatic heterocycles. The topological polar surface area (TPSA) is 21.7 Å². The van der Waals surface area contributed by atoms with E-state index >= 15 is 0 Å². The molecular formula is C13H15NO2S. The Bertz CT molecular complexity index is 451. The van der Waals surface area contributed by atoms with Crippen molar-refractivity contribution in [3.63, 3.8) is 0 Å². The summed E-state index contributed by atoms with van der Waals surface area (Å²) in [7, 11) is 0. The number of hydrogen-bond donors (Lipinski definition) is 0. The van der Waals surface area contributed by atoms with Crippen molar-refractivity contribution >= 4 is 11.8 Å². The fourth-order valence-corrected chi connectivity index (χ4v) is 4.03. The van der Waals surface area contributed by atoms with Crippen LogP contribution in [-0.2, 0) is 6.54 Å². The Hall–Kier alpha value is -0.870. The molecule has 1 aromatic rings. The van der Waals surface area contributed by atoms with Gasteiger partial charge in [-0.2, -0.15) is 11.8 Å². The average molecular weight is 249 g/mol. The molecule has 3 nitrogen and oxygen atoms in total. The van der Waals surface area contributed by atoms with E-state index in [2.05, 4.69) is 28.8 Å². The standard InChI is InChI=1S/C13H15NO2S/c1-2-11-12(16-9-15-11)3-10(1)4-14-5-13(6-14)7-17-8-13/h1-3H,4-9H2. The van der Waals surface area contributed by atoms with E-state index < -0.39 is 0 Å². The van der Waals surface area contributed by atoms with E-state index in [0.29, 0.717) is 12.2 Å². The number of fused-ring (bicyclic) bond motifs is 1. The normalized spacial score (nSPS) is 24.5. The summed E-state index contributed by atoms with van der Waals surface area (Å²) in [4.78, 5) is 2.53. The van der Waals surface area contributed by atoms with Crippen LogP contribution < -0.4 is 9.47 Å². The third-order valence-corrected chi connectivity index (χ3v) is 5.41. The number of hydrogen-bond acceptors (Lipinski definition) is 4. The highest BCUT2D eigenvalue weighted by molar-refractivity contribution is 8.00. The maximum absolute atomic E-state index is 5.40. The van der Waals surface area contributed by atoms with Gasteiger partial charge in [0.1, 0.15) is 0 Å². The molecule has 90 valence electrons. The van der Waals surface area contributed by atoms with Crippen LogP contribution in [0, 0.1) is 5.41 Å². The van der Waals surface area contributed by atoms with E-state index in [9.17, 15) is 0 Å². The van der Waals surface area contributed by atoms with Crippen molar-refractivity contribution in [3.05, 3.63) is 23.8 Å². The highest BCUT2D eigenvalue weighted by Crippen LogP contribution is 2.45. The molecule has 0 bridgehead atoms. The second-order valence-corrected chi connectivity index (χ2v) is 6.31. The van der Waals surface area contributed by atoms with Crippen LogP contribution in [0.1, 0.15) is 5.56 Å². The van der Waals surface area contributed by atoms with Gasteiger partial charge in [0.05, 0.1) is 0 Å². The molecule has 2 saturated heterocycles. The first-order chi connectivity index (χ1) is 8.33. The van der Waals surface area contributed by atoms with E-state index in [1.807, 2.05) is 6.07 Å². The van der Waals surface area contributed by atoms with E-state index in [1.54, 1.807) is 0 Å². The van der Waals surface area contributed by atoms with Crippen LogP contribution in [0.25, 0.3) is 0 Å². The van der Waals surface area contributed by atoms with Crippen molar-refractivity contribution < 1.29 is 9.47 Å². The summed E-state index contributed by atoms with van der Waals surface area (Å²) in [6.45, 7) is 3.95. The summed E-state index contributed by atoms with van der Waals surface area (Å²) in [5.41, 5.74) is 2.01. The van der Waals surface area contributed by atoms with Gasteiger partial charge in [0.25, 0.3) is 0 Å². The number of thioether (sulfide) groups is 1. The summed E-state index contributed by atoms with van der Waals surface area (Å²) in [5.74, 6) is 4.51. The number of benzene rings is 1. The molecule has 0 unspecified atom stereocenters. The molecule has 17 heavy (non-hydrogen) atoms. The molecule has 0 saturated carbocycles. The number of ether oxygens (including phenoxy) is 2. The van der Waals surface area contributed by atoms with Crippen LogP contribution in [0.2, 0.25) is 0 Å². The molecule has 0 amide bonds. The lowest BCUT2D eigenvalue weighted by Gasteiger charge is -2.55. The highest BCUT2D eigenvalue weighted by Gasteiger charge is 2.47. The summed E-state index contributed by atoms with van der Waals surface area (Å²) >= 11 is 2.08. The third kappa shape index (κ3) is 1.62. The fourth-order valence-electron chi connectivity index (χ4n) is 2.88. The van der Waals surface area contributed by atoms with Crippen LogP contribution in [-0.4, -0.2) is 36.3 Å². The zero-order valence-electron chi connectivity index (χ0n) is 9.65. The third-order valence-electron chi connectivity index (χ3n) is 3.78. The summed E-state index contributed by atoms with van der Waals surface area (Å²) in [5, 5.41) is 0. The first kappa shape index (κ1) is 10.1. The van der Waals surface area contributed by atoms with Gasteiger partial charge < -0.3 is 9.47 Å². The van der Waals surface area contributed by atoms with Gasteiger partial charge in [-0.3, -0.25) is 4.90 Å². The number of likely N-dealkylation sites (tertiary alicyclic amines) is 1. The molecule has 0 aromatic heterocycles. The summed E-state index contributed by atoms with van der Waals surface area (Å²) < 4.78 is 10.7. The van der Waals surface area contributed by atoms with Crippen LogP contribution in [0.15, 0.2) is 18.2 Å². The molecule has 0 radical (unpaired) electrons. The van der Waals surface area contributed by atoms with Crippen LogP contribution in [0.5, 0.6) is 11.5 Å². The Balaban J connectivity index is 1.43. The van der Waals surface area contributed by atoms with E-state index in [4.69, 9.17) is 9.47 Å². The van der Waals surface area contributed by atoms with Crippen molar-refractivity contribution in [2.75, 3.05) is 31.4 Å². The van der Waals surface area contributed by atoms with Gasteiger partial charge in [0, 0.05) is 36.6 Å². The maximum Gasteiger partial charge on any atom is 0.231 e. The van der Waals surface area contributed by atoms with Gasteiger partial charge in [-0.15, -0.1) is 0 Å². The van der Waals surface area contributed by atoms with Gasteiger partial charge in [0.15, 0.2) is 11.5 Å². The Kier molecular flexibility index (Phi) is 2.11. The highest BCUT2D eigenvalue weighted by atomic mass is 32.2. The second kappa shape index (κ2) is 3.56. The molecule has 2 fully saturated rings. The lowest BCUT2D eigenvalue weighted by Crippen LogP contribution is -2.62. The maximum atomic E-state index is 5.40. The van der Waals surface area contributed by atoms with E-state index in [1.165, 1.54) is 30.2 Å². The van der Waals surface area contributed by atoms with Gasteiger partial charge in [0.2, 0.25) is 6.79 Å². The second-order valence-electron chi connectivity index (χ2n) is 5.33. The zero-order valence-corrected chi connectivity index (χ0v) is 10.5. The summed E-state index contributed by atoms with van der Waals surface area (Å²) in [6, 6.07) is 6.28. The molecule has 0 atom stereocenters. The van der Waals surface area contributed by atoms with Crippen molar-refractivity contribution in [1.82, 2.24) is 4.90 Å². The largest absolute Gasteiger partial charge is 0.454 e. The summed E-state index contributed by atoms with van der Waals surface area (Å²) in [6.07, 6.45) is 0. The molecule has 1 aromatic carbocycles. The fraction of sp³-hybridized carbons (Fsp3) is 0.538. The first-order valence-electron chi connectivity index (χ1n) is 6.02. The van der Waals surface area contributed by atoms with Gasteiger partial charge in [-0.25, -0.2) is 0 Å². The number of rotatable bonds is 2. The minimum atomic E-state index is 0.364. The Labute approximate surface area is 105 Å². The van der Waals surface area contributed by atoms with Gasteiger partial charge in [-0.1, -0.05) is 6.07 Å². The van der Waals surface area contributed by atoms with Gasteiger partial charge >= 0.3 is 0 Å². The van der Waals surface area contributed by atoms with Crippen molar-refractivity contribution in [2.45, 2.75) is 6.54 Å². The van der Waals surface area contributed by atoms with E-state index in [0.717, 1.165) is 18.0 Å². The molecular weight excluding hydrogens is 234 g/mol. The molecule has 1 spiro atoms. The minimum Gasteiger partial charge on any atom is -0.454 e. The molecule has 0 N–H and O–H groups in total. The first-order valence-corrected chi connectivity index (χ1v) is 7.17. The van der Waals surface area contributed by atoms with Crippen LogP contribution >= 0.6 is 11.8 Å². The van der Waals surface area contributed by atoms with E-state index in [-0.39, 0.29) is 0 Å². The Morgan fingerprint density at radius 3 is 2.76 bits per heavy atom. The quantitative estimate of drug-likeness (QED) is 0.798. The average Bonchev–Trinajstić information content (AvgIpc) is 2.67. The molecule has 4 rings (SSSR count). The van der Waals surface area contributed by atoms with Crippen molar-refractivity contribution in [2.24, 2.45) is 5.41 Å². The molecule has 0 aliphatic carbocycles. The molecule has 3 aliphatic rings. The van der Waals surface area contributed by atoms with Crippen molar-refractivity contribution in [3.8, 4) is 11.5 Å². The van der Waals surface area contributed by atoms with Crippen LogP contribution in [0.3, 0.4) is 0 Å².